The third-order valence-corrected chi connectivity index (χ3v) is 3.31. The van der Waals surface area contributed by atoms with E-state index in [4.69, 9.17) is 0 Å². The number of benzene rings is 2. The highest BCUT2D eigenvalue weighted by Crippen LogP contribution is 2.30. The second-order valence-electron chi connectivity index (χ2n) is 4.71. The summed E-state index contributed by atoms with van der Waals surface area (Å²) in [5, 5.41) is 3.76. The molecule has 2 nitrogen and oxygen atoms in total. The van der Waals surface area contributed by atoms with Crippen molar-refractivity contribution in [2.75, 3.05) is 11.9 Å². The number of nitrogens with zero attached hydrogens (tertiary/aromatic N) is 1. The van der Waals surface area contributed by atoms with Gasteiger partial charge in [-0.15, -0.1) is 0 Å². The van der Waals surface area contributed by atoms with Crippen LogP contribution in [0.15, 0.2) is 48.5 Å². The average molecular weight is 284 g/mol. The highest BCUT2D eigenvalue weighted by Gasteiger charge is 2.13. The Morgan fingerprint density at radius 3 is 2.52 bits per heavy atom. The van der Waals surface area contributed by atoms with Crippen LogP contribution in [0.2, 0.25) is 0 Å². The first-order valence-electron chi connectivity index (χ1n) is 6.78. The minimum Gasteiger partial charge on any atom is -0.385 e. The molecule has 0 aliphatic rings. The quantitative estimate of drug-likeness (QED) is 0.759. The molecule has 0 unspecified atom stereocenters. The second kappa shape index (κ2) is 5.48. The van der Waals surface area contributed by atoms with Crippen LogP contribution in [-0.4, -0.2) is 11.5 Å². The summed E-state index contributed by atoms with van der Waals surface area (Å²) < 4.78 is 27.5. The Bertz CT molecular complexity index is 786. The number of pyridine rings is 1. The van der Waals surface area contributed by atoms with Crippen molar-refractivity contribution in [1.82, 2.24) is 4.98 Å². The fourth-order valence-corrected chi connectivity index (χ4v) is 2.33. The lowest BCUT2D eigenvalue weighted by atomic mass is 10.1. The Hall–Kier alpha value is -2.49. The van der Waals surface area contributed by atoms with Crippen molar-refractivity contribution in [2.24, 2.45) is 0 Å². The van der Waals surface area contributed by atoms with Gasteiger partial charge in [0.15, 0.2) is 11.6 Å². The molecule has 0 saturated heterocycles. The molecule has 21 heavy (non-hydrogen) atoms. The molecule has 0 spiro atoms. The van der Waals surface area contributed by atoms with Crippen molar-refractivity contribution < 1.29 is 8.78 Å². The number of hydrogen-bond acceptors (Lipinski definition) is 2. The summed E-state index contributed by atoms with van der Waals surface area (Å²) in [7, 11) is 0. The maximum Gasteiger partial charge on any atom is 0.185 e. The lowest BCUT2D eigenvalue weighted by molar-refractivity contribution is 0.515. The zero-order valence-electron chi connectivity index (χ0n) is 11.5. The van der Waals surface area contributed by atoms with Gasteiger partial charge >= 0.3 is 0 Å². The molecule has 0 atom stereocenters. The molecule has 0 bridgehead atoms. The van der Waals surface area contributed by atoms with Crippen LogP contribution in [0.1, 0.15) is 6.92 Å². The van der Waals surface area contributed by atoms with Gasteiger partial charge in [-0.2, -0.15) is 0 Å². The zero-order valence-corrected chi connectivity index (χ0v) is 11.5. The summed E-state index contributed by atoms with van der Waals surface area (Å²) in [5.41, 5.74) is 2.28. The summed E-state index contributed by atoms with van der Waals surface area (Å²) in [5.74, 6) is -1.80. The van der Waals surface area contributed by atoms with Gasteiger partial charge in [-0.3, -0.25) is 0 Å². The van der Waals surface area contributed by atoms with Crippen LogP contribution in [0, 0.1) is 11.6 Å². The van der Waals surface area contributed by atoms with E-state index < -0.39 is 11.6 Å². The Labute approximate surface area is 121 Å². The number of nitrogens with one attached hydrogen (secondary N) is 1. The summed E-state index contributed by atoms with van der Waals surface area (Å²) >= 11 is 0. The number of rotatable bonds is 3. The molecule has 0 aliphatic heterocycles. The molecule has 1 heterocycles. The molecule has 0 aliphatic carbocycles. The topological polar surface area (TPSA) is 24.9 Å². The van der Waals surface area contributed by atoms with Gasteiger partial charge in [-0.1, -0.05) is 30.3 Å². The molecule has 4 heteroatoms. The maximum absolute atomic E-state index is 14.0. The van der Waals surface area contributed by atoms with Gasteiger partial charge in [0.25, 0.3) is 0 Å². The van der Waals surface area contributed by atoms with Crippen LogP contribution >= 0.6 is 0 Å². The number of hydrogen-bond donors (Lipinski definition) is 1. The smallest absolute Gasteiger partial charge is 0.185 e. The van der Waals surface area contributed by atoms with Crippen LogP contribution < -0.4 is 5.32 Å². The van der Waals surface area contributed by atoms with Gasteiger partial charge in [-0.05, 0) is 25.1 Å². The number of aromatic nitrogens is 1. The van der Waals surface area contributed by atoms with Crippen molar-refractivity contribution >= 4 is 16.6 Å². The van der Waals surface area contributed by atoms with Crippen LogP contribution in [0.25, 0.3) is 22.2 Å². The molecule has 2 aromatic carbocycles. The largest absolute Gasteiger partial charge is 0.385 e. The Balaban J connectivity index is 2.30. The highest BCUT2D eigenvalue weighted by atomic mass is 19.2. The maximum atomic E-state index is 14.0. The van der Waals surface area contributed by atoms with Crippen LogP contribution in [0.3, 0.4) is 0 Å². The molecule has 0 saturated carbocycles. The number of fused-ring (bicyclic) bond motifs is 1. The standard InChI is InChI=1S/C17H14F2N2/c1-2-20-15-10-14(11-6-4-3-5-7-11)21-17-12(15)8-9-13(18)16(17)19/h3-10H,2H2,1H3,(H,20,21). The summed E-state index contributed by atoms with van der Waals surface area (Å²) in [6.07, 6.45) is 0. The van der Waals surface area contributed by atoms with E-state index in [1.54, 1.807) is 6.07 Å². The van der Waals surface area contributed by atoms with E-state index in [0.29, 0.717) is 17.6 Å². The average Bonchev–Trinajstić information content (AvgIpc) is 2.52. The van der Waals surface area contributed by atoms with Crippen molar-refractivity contribution in [3.05, 3.63) is 60.2 Å². The molecule has 0 radical (unpaired) electrons. The van der Waals surface area contributed by atoms with Crippen molar-refractivity contribution in [3.63, 3.8) is 0 Å². The van der Waals surface area contributed by atoms with Gasteiger partial charge in [0.1, 0.15) is 5.52 Å². The first kappa shape index (κ1) is 13.5. The van der Waals surface area contributed by atoms with Crippen molar-refractivity contribution in [3.8, 4) is 11.3 Å². The van der Waals surface area contributed by atoms with E-state index in [1.807, 2.05) is 43.3 Å². The number of anilines is 1. The minimum absolute atomic E-state index is 0.0484. The second-order valence-corrected chi connectivity index (χ2v) is 4.71. The predicted molar refractivity (Wildman–Crippen MR) is 81.3 cm³/mol. The first-order valence-corrected chi connectivity index (χ1v) is 6.78. The molecule has 3 aromatic rings. The van der Waals surface area contributed by atoms with Crippen LogP contribution in [0.5, 0.6) is 0 Å². The first-order chi connectivity index (χ1) is 10.2. The molecule has 0 fully saturated rings. The lowest BCUT2D eigenvalue weighted by Crippen LogP contribution is -2.01. The Kier molecular flexibility index (Phi) is 3.52. The molecule has 1 N–H and O–H groups in total. The van der Waals surface area contributed by atoms with Gasteiger partial charge in [-0.25, -0.2) is 13.8 Å². The van der Waals surface area contributed by atoms with E-state index in [1.165, 1.54) is 0 Å². The van der Waals surface area contributed by atoms with Crippen molar-refractivity contribution in [2.45, 2.75) is 6.92 Å². The van der Waals surface area contributed by atoms with Gasteiger partial charge < -0.3 is 5.32 Å². The zero-order chi connectivity index (χ0) is 14.8. The third kappa shape index (κ3) is 2.44. The Morgan fingerprint density at radius 2 is 1.81 bits per heavy atom. The monoisotopic (exact) mass is 284 g/mol. The SMILES string of the molecule is CCNc1cc(-c2ccccc2)nc2c(F)c(F)ccc12. The fraction of sp³-hybridized carbons (Fsp3) is 0.118. The minimum atomic E-state index is -0.913. The lowest BCUT2D eigenvalue weighted by Gasteiger charge is -2.11. The summed E-state index contributed by atoms with van der Waals surface area (Å²) in [6, 6.07) is 14.0. The van der Waals surface area contributed by atoms with Gasteiger partial charge in [0.2, 0.25) is 0 Å². The molecule has 106 valence electrons. The van der Waals surface area contributed by atoms with E-state index in [9.17, 15) is 8.78 Å². The normalized spacial score (nSPS) is 10.8. The van der Waals surface area contributed by atoms with E-state index in [2.05, 4.69) is 10.3 Å². The number of halogens is 2. The molecule has 3 rings (SSSR count). The Morgan fingerprint density at radius 1 is 1.05 bits per heavy atom. The summed E-state index contributed by atoms with van der Waals surface area (Å²) in [6.45, 7) is 2.64. The molecular formula is C17H14F2N2. The van der Waals surface area contributed by atoms with Gasteiger partial charge in [0.05, 0.1) is 5.69 Å². The molecule has 0 amide bonds. The van der Waals surface area contributed by atoms with Crippen LogP contribution in [-0.2, 0) is 0 Å². The van der Waals surface area contributed by atoms with E-state index in [-0.39, 0.29) is 5.52 Å². The third-order valence-electron chi connectivity index (χ3n) is 3.31. The van der Waals surface area contributed by atoms with E-state index in [0.717, 1.165) is 17.3 Å². The summed E-state index contributed by atoms with van der Waals surface area (Å²) in [4.78, 5) is 4.29. The fourth-order valence-electron chi connectivity index (χ4n) is 2.33. The highest BCUT2D eigenvalue weighted by molar-refractivity contribution is 5.94. The van der Waals surface area contributed by atoms with E-state index >= 15 is 0 Å². The van der Waals surface area contributed by atoms with Crippen LogP contribution in [0.4, 0.5) is 14.5 Å². The predicted octanol–water partition coefficient (Wildman–Crippen LogP) is 4.61. The van der Waals surface area contributed by atoms with Crippen molar-refractivity contribution in [1.29, 1.82) is 0 Å². The molecular weight excluding hydrogens is 270 g/mol. The molecule has 1 aromatic heterocycles. The van der Waals surface area contributed by atoms with Gasteiger partial charge in [0, 0.05) is 23.2 Å².